The molecule has 3 atom stereocenters. The van der Waals surface area contributed by atoms with Gasteiger partial charge in [0.2, 0.25) is 0 Å². The van der Waals surface area contributed by atoms with Crippen molar-refractivity contribution in [2.45, 2.75) is 48.3 Å². The maximum Gasteiger partial charge on any atom is 0.524 e. The standard InChI is InChI=1S/C15H20F3N3O8S2/c1-28-10-6-12(19-13(7-10)29-15(16,17)18)20-14(22)21-31(26,27)11-5-3-2-4-9(11)8-30(23,24)25/h2-5,10,12-13,19H,6-8H2,1H3,(H2,20,21,22)(H,23,24,25). The third kappa shape index (κ3) is 8.23. The van der Waals surface area contributed by atoms with Crippen LogP contribution in [0.2, 0.25) is 0 Å². The first-order valence-electron chi connectivity index (χ1n) is 8.58. The zero-order valence-electron chi connectivity index (χ0n) is 15.9. The second-order valence-corrected chi connectivity index (χ2v) is 9.62. The van der Waals surface area contributed by atoms with Gasteiger partial charge < -0.3 is 10.1 Å². The van der Waals surface area contributed by atoms with Gasteiger partial charge in [-0.25, -0.2) is 17.9 Å². The Morgan fingerprint density at radius 2 is 1.87 bits per heavy atom. The molecule has 1 aromatic rings. The number of benzene rings is 1. The van der Waals surface area contributed by atoms with E-state index in [1.807, 2.05) is 0 Å². The Morgan fingerprint density at radius 1 is 1.23 bits per heavy atom. The van der Waals surface area contributed by atoms with E-state index >= 15 is 0 Å². The number of urea groups is 1. The number of sulfonamides is 1. The molecular weight excluding hydrogens is 471 g/mol. The molecule has 31 heavy (non-hydrogen) atoms. The smallest absolute Gasteiger partial charge is 0.381 e. The molecule has 2 rings (SSSR count). The first-order chi connectivity index (χ1) is 14.2. The number of carbonyl (C=O) groups excluding carboxylic acids is 1. The summed E-state index contributed by atoms with van der Waals surface area (Å²) in [4.78, 5) is 11.6. The van der Waals surface area contributed by atoms with Crippen LogP contribution >= 0.6 is 0 Å². The monoisotopic (exact) mass is 491 g/mol. The molecule has 16 heteroatoms. The predicted molar refractivity (Wildman–Crippen MR) is 98.4 cm³/mol. The molecule has 0 spiro atoms. The van der Waals surface area contributed by atoms with E-state index in [1.54, 1.807) is 4.72 Å². The van der Waals surface area contributed by atoms with Crippen molar-refractivity contribution in [3.05, 3.63) is 29.8 Å². The van der Waals surface area contributed by atoms with Crippen molar-refractivity contribution >= 4 is 26.2 Å². The number of alkyl halides is 3. The van der Waals surface area contributed by atoms with Crippen LogP contribution in [0.25, 0.3) is 0 Å². The lowest BCUT2D eigenvalue weighted by atomic mass is 10.1. The maximum atomic E-state index is 12.5. The number of piperidine rings is 1. The van der Waals surface area contributed by atoms with E-state index in [9.17, 15) is 34.8 Å². The van der Waals surface area contributed by atoms with Crippen molar-refractivity contribution in [2.75, 3.05) is 7.11 Å². The zero-order valence-corrected chi connectivity index (χ0v) is 17.6. The van der Waals surface area contributed by atoms with Crippen LogP contribution in [0.15, 0.2) is 29.2 Å². The summed E-state index contributed by atoms with van der Waals surface area (Å²) in [6, 6.07) is 3.46. The Kier molecular flexibility index (Phi) is 7.88. The fourth-order valence-corrected chi connectivity index (χ4v) is 4.83. The van der Waals surface area contributed by atoms with Gasteiger partial charge in [-0.3, -0.25) is 14.6 Å². The zero-order chi connectivity index (χ0) is 23.4. The summed E-state index contributed by atoms with van der Waals surface area (Å²) >= 11 is 0. The van der Waals surface area contributed by atoms with Crippen LogP contribution < -0.4 is 15.4 Å². The molecule has 0 saturated carbocycles. The molecule has 2 amide bonds. The number of rotatable bonds is 7. The maximum absolute atomic E-state index is 12.5. The van der Waals surface area contributed by atoms with E-state index in [0.717, 1.165) is 12.1 Å². The molecule has 1 fully saturated rings. The lowest BCUT2D eigenvalue weighted by Crippen LogP contribution is -2.59. The highest BCUT2D eigenvalue weighted by atomic mass is 32.2. The van der Waals surface area contributed by atoms with E-state index in [2.05, 4.69) is 15.4 Å². The summed E-state index contributed by atoms with van der Waals surface area (Å²) in [5.74, 6) is -1.01. The van der Waals surface area contributed by atoms with Crippen LogP contribution in [0.3, 0.4) is 0 Å². The molecule has 1 aromatic carbocycles. The molecule has 1 aliphatic rings. The van der Waals surface area contributed by atoms with Crippen molar-refractivity contribution in [2.24, 2.45) is 0 Å². The van der Waals surface area contributed by atoms with Gasteiger partial charge in [0, 0.05) is 20.0 Å². The van der Waals surface area contributed by atoms with Gasteiger partial charge in [-0.2, -0.15) is 8.42 Å². The van der Waals surface area contributed by atoms with Crippen molar-refractivity contribution in [3.63, 3.8) is 0 Å². The molecule has 11 nitrogen and oxygen atoms in total. The van der Waals surface area contributed by atoms with Gasteiger partial charge in [-0.1, -0.05) is 18.2 Å². The van der Waals surface area contributed by atoms with Gasteiger partial charge in [-0.05, 0) is 11.6 Å². The topological polar surface area (TPSA) is 160 Å². The third-order valence-corrected chi connectivity index (χ3v) is 6.21. The van der Waals surface area contributed by atoms with Gasteiger partial charge in [0.25, 0.3) is 20.1 Å². The Hall–Kier alpha value is -1.98. The van der Waals surface area contributed by atoms with E-state index in [1.165, 1.54) is 19.2 Å². The highest BCUT2D eigenvalue weighted by Crippen LogP contribution is 2.24. The molecule has 0 aliphatic carbocycles. The van der Waals surface area contributed by atoms with Crippen LogP contribution in [0.5, 0.6) is 0 Å². The molecule has 0 radical (unpaired) electrons. The summed E-state index contributed by atoms with van der Waals surface area (Å²) in [5.41, 5.74) is -0.292. The minimum absolute atomic E-state index is 0.0149. The number of ether oxygens (including phenoxy) is 2. The van der Waals surface area contributed by atoms with Crippen molar-refractivity contribution < 1.29 is 48.8 Å². The van der Waals surface area contributed by atoms with Gasteiger partial charge in [0.05, 0.1) is 17.2 Å². The SMILES string of the molecule is COC1CC(NC(=O)NS(=O)(=O)c2ccccc2CS(=O)(=O)O)NC(OC(F)(F)F)C1. The molecule has 176 valence electrons. The summed E-state index contributed by atoms with van der Waals surface area (Å²) < 4.78 is 104. The number of hydrogen-bond acceptors (Lipinski definition) is 8. The highest BCUT2D eigenvalue weighted by molar-refractivity contribution is 7.90. The minimum atomic E-state index is -4.94. The lowest BCUT2D eigenvalue weighted by Gasteiger charge is -2.35. The van der Waals surface area contributed by atoms with Crippen molar-refractivity contribution in [3.8, 4) is 0 Å². The fourth-order valence-electron chi connectivity index (χ4n) is 2.94. The van der Waals surface area contributed by atoms with Crippen LogP contribution in [-0.4, -0.2) is 59.4 Å². The first-order valence-corrected chi connectivity index (χ1v) is 11.7. The van der Waals surface area contributed by atoms with E-state index in [4.69, 9.17) is 9.29 Å². The van der Waals surface area contributed by atoms with Crippen LogP contribution in [0, 0.1) is 0 Å². The number of amides is 2. The molecular formula is C15H20F3N3O8S2. The summed E-state index contributed by atoms with van der Waals surface area (Å²) in [6.07, 6.45) is -8.49. The summed E-state index contributed by atoms with van der Waals surface area (Å²) in [6.45, 7) is 0. The largest absolute Gasteiger partial charge is 0.524 e. The van der Waals surface area contributed by atoms with E-state index in [0.29, 0.717) is 0 Å². The minimum Gasteiger partial charge on any atom is -0.381 e. The number of halogens is 3. The number of nitrogens with one attached hydrogen (secondary N) is 3. The molecule has 0 bridgehead atoms. The normalized spacial score (nSPS) is 22.7. The molecule has 1 heterocycles. The van der Waals surface area contributed by atoms with Gasteiger partial charge in [0.1, 0.15) is 12.0 Å². The van der Waals surface area contributed by atoms with E-state index < -0.39 is 61.7 Å². The average Bonchev–Trinajstić information content (AvgIpc) is 2.58. The highest BCUT2D eigenvalue weighted by Gasteiger charge is 2.39. The molecule has 0 aromatic heterocycles. The number of carbonyl (C=O) groups is 1. The van der Waals surface area contributed by atoms with Crippen LogP contribution in [0.4, 0.5) is 18.0 Å². The Morgan fingerprint density at radius 3 is 2.45 bits per heavy atom. The molecule has 1 saturated heterocycles. The Bertz CT molecular complexity index is 1000. The predicted octanol–water partition coefficient (Wildman–Crippen LogP) is 0.649. The Labute approximate surface area is 176 Å². The molecule has 4 N–H and O–H groups in total. The summed E-state index contributed by atoms with van der Waals surface area (Å²) in [7, 11) is -7.89. The lowest BCUT2D eigenvalue weighted by molar-refractivity contribution is -0.351. The molecule has 3 unspecified atom stereocenters. The first kappa shape index (κ1) is 25.3. The third-order valence-electron chi connectivity index (χ3n) is 4.10. The second kappa shape index (κ2) is 9.66. The fraction of sp³-hybridized carbons (Fsp3) is 0.533. The second-order valence-electron chi connectivity index (χ2n) is 6.51. The van der Waals surface area contributed by atoms with Crippen LogP contribution in [0.1, 0.15) is 18.4 Å². The van der Waals surface area contributed by atoms with Gasteiger partial charge in [-0.15, -0.1) is 13.2 Å². The van der Waals surface area contributed by atoms with Crippen molar-refractivity contribution in [1.29, 1.82) is 0 Å². The Balaban J connectivity index is 2.11. The number of methoxy groups -OCH3 is 1. The molecule has 1 aliphatic heterocycles. The summed E-state index contributed by atoms with van der Waals surface area (Å²) in [5, 5.41) is 4.53. The van der Waals surface area contributed by atoms with Crippen LogP contribution in [-0.2, 0) is 35.4 Å². The van der Waals surface area contributed by atoms with Crippen molar-refractivity contribution in [1.82, 2.24) is 15.4 Å². The van der Waals surface area contributed by atoms with Gasteiger partial charge >= 0.3 is 12.4 Å². The van der Waals surface area contributed by atoms with Gasteiger partial charge in [0.15, 0.2) is 0 Å². The quantitative estimate of drug-likeness (QED) is 0.402. The van der Waals surface area contributed by atoms with E-state index in [-0.39, 0.29) is 18.4 Å². The number of hydrogen-bond donors (Lipinski definition) is 4. The average molecular weight is 491 g/mol.